The predicted octanol–water partition coefficient (Wildman–Crippen LogP) is 2.49. The number of aliphatic imine (C=N–C) groups is 1. The summed E-state index contributed by atoms with van der Waals surface area (Å²) in [6, 6.07) is 8.27. The SMILES string of the molecule is CN1C(=O)C[C@@](C)([C@@H]2C[C@H]2c2ccccc2Br)N=C1N. The highest BCUT2D eigenvalue weighted by molar-refractivity contribution is 9.10. The Hall–Kier alpha value is -1.36. The van der Waals surface area contributed by atoms with Crippen molar-refractivity contribution in [3.63, 3.8) is 0 Å². The first-order chi connectivity index (χ1) is 9.42. The van der Waals surface area contributed by atoms with E-state index < -0.39 is 0 Å². The number of carbonyl (C=O) groups is 1. The fraction of sp³-hybridized carbons (Fsp3) is 0.467. The van der Waals surface area contributed by atoms with Crippen molar-refractivity contribution in [2.24, 2.45) is 16.6 Å². The molecule has 1 amide bonds. The van der Waals surface area contributed by atoms with E-state index in [4.69, 9.17) is 5.73 Å². The van der Waals surface area contributed by atoms with E-state index in [0.29, 0.717) is 24.2 Å². The first-order valence-electron chi connectivity index (χ1n) is 6.79. The van der Waals surface area contributed by atoms with Gasteiger partial charge in [0, 0.05) is 11.5 Å². The molecule has 0 spiro atoms. The van der Waals surface area contributed by atoms with Gasteiger partial charge in [-0.15, -0.1) is 0 Å². The molecule has 0 saturated heterocycles. The molecule has 0 aromatic heterocycles. The van der Waals surface area contributed by atoms with Crippen LogP contribution in [0.4, 0.5) is 0 Å². The van der Waals surface area contributed by atoms with Crippen LogP contribution in [0.25, 0.3) is 0 Å². The first-order valence-corrected chi connectivity index (χ1v) is 7.58. The van der Waals surface area contributed by atoms with Crippen molar-refractivity contribution >= 4 is 27.8 Å². The maximum Gasteiger partial charge on any atom is 0.231 e. The van der Waals surface area contributed by atoms with Crippen molar-refractivity contribution < 1.29 is 4.79 Å². The summed E-state index contributed by atoms with van der Waals surface area (Å²) in [4.78, 5) is 18.1. The molecule has 5 heteroatoms. The van der Waals surface area contributed by atoms with E-state index in [1.54, 1.807) is 7.05 Å². The highest BCUT2D eigenvalue weighted by Crippen LogP contribution is 2.57. The van der Waals surface area contributed by atoms with Crippen LogP contribution < -0.4 is 5.73 Å². The van der Waals surface area contributed by atoms with Crippen molar-refractivity contribution in [1.29, 1.82) is 0 Å². The van der Waals surface area contributed by atoms with E-state index in [0.717, 1.165) is 10.9 Å². The number of rotatable bonds is 2. The Bertz CT molecular complexity index is 601. The Morgan fingerprint density at radius 1 is 1.45 bits per heavy atom. The maximum absolute atomic E-state index is 12.0. The minimum absolute atomic E-state index is 0.0535. The average Bonchev–Trinajstić information content (AvgIpc) is 3.17. The molecule has 1 saturated carbocycles. The van der Waals surface area contributed by atoms with Gasteiger partial charge >= 0.3 is 0 Å². The van der Waals surface area contributed by atoms with Crippen LogP contribution in [0.5, 0.6) is 0 Å². The summed E-state index contributed by atoms with van der Waals surface area (Å²) >= 11 is 3.60. The summed E-state index contributed by atoms with van der Waals surface area (Å²) in [5, 5.41) is 0. The van der Waals surface area contributed by atoms with Gasteiger partial charge in [-0.2, -0.15) is 0 Å². The molecule has 0 bridgehead atoms. The number of halogens is 1. The Balaban J connectivity index is 1.86. The maximum atomic E-state index is 12.0. The molecule has 3 atom stereocenters. The van der Waals surface area contributed by atoms with Crippen molar-refractivity contribution in [1.82, 2.24) is 4.90 Å². The molecule has 1 aliphatic carbocycles. The van der Waals surface area contributed by atoms with Gasteiger partial charge in [0.15, 0.2) is 5.96 Å². The van der Waals surface area contributed by atoms with E-state index in [-0.39, 0.29) is 11.4 Å². The molecule has 1 aromatic rings. The molecule has 1 fully saturated rings. The topological polar surface area (TPSA) is 58.7 Å². The smallest absolute Gasteiger partial charge is 0.231 e. The molecule has 0 radical (unpaired) electrons. The third-order valence-corrected chi connectivity index (χ3v) is 5.21. The Morgan fingerprint density at radius 3 is 2.80 bits per heavy atom. The van der Waals surface area contributed by atoms with E-state index >= 15 is 0 Å². The molecule has 1 aromatic carbocycles. The summed E-state index contributed by atoms with van der Waals surface area (Å²) in [6.07, 6.45) is 1.50. The van der Waals surface area contributed by atoms with Gasteiger partial charge in [0.05, 0.1) is 12.0 Å². The van der Waals surface area contributed by atoms with Crippen LogP contribution in [0, 0.1) is 5.92 Å². The van der Waals surface area contributed by atoms with Gasteiger partial charge in [-0.3, -0.25) is 9.69 Å². The predicted molar refractivity (Wildman–Crippen MR) is 82.4 cm³/mol. The minimum Gasteiger partial charge on any atom is -0.369 e. The third-order valence-electron chi connectivity index (χ3n) is 4.49. The minimum atomic E-state index is -0.367. The Morgan fingerprint density at radius 2 is 2.15 bits per heavy atom. The van der Waals surface area contributed by atoms with Crippen LogP contribution in [0.1, 0.15) is 31.2 Å². The highest BCUT2D eigenvalue weighted by Gasteiger charge is 2.53. The molecular weight excluding hydrogens is 318 g/mol. The van der Waals surface area contributed by atoms with Crippen LogP contribution >= 0.6 is 15.9 Å². The van der Waals surface area contributed by atoms with Crippen molar-refractivity contribution in [3.05, 3.63) is 34.3 Å². The van der Waals surface area contributed by atoms with Gasteiger partial charge in [-0.25, -0.2) is 4.99 Å². The lowest BCUT2D eigenvalue weighted by Crippen LogP contribution is -2.49. The number of carbonyl (C=O) groups excluding carboxylic acids is 1. The van der Waals surface area contributed by atoms with E-state index in [1.165, 1.54) is 10.5 Å². The van der Waals surface area contributed by atoms with Gasteiger partial charge in [-0.1, -0.05) is 34.1 Å². The van der Waals surface area contributed by atoms with Crippen molar-refractivity contribution in [2.45, 2.75) is 31.2 Å². The zero-order valence-electron chi connectivity index (χ0n) is 11.6. The number of benzene rings is 1. The van der Waals surface area contributed by atoms with Crippen molar-refractivity contribution in [2.75, 3.05) is 7.05 Å². The number of amides is 1. The van der Waals surface area contributed by atoms with Gasteiger partial charge in [0.25, 0.3) is 0 Å². The number of nitrogens with two attached hydrogens (primary N) is 1. The van der Waals surface area contributed by atoms with Crippen LogP contribution in [0.3, 0.4) is 0 Å². The molecular formula is C15H18BrN3O. The molecule has 2 N–H and O–H groups in total. The lowest BCUT2D eigenvalue weighted by atomic mass is 9.88. The van der Waals surface area contributed by atoms with Crippen LogP contribution in [-0.2, 0) is 4.79 Å². The van der Waals surface area contributed by atoms with Gasteiger partial charge in [0.1, 0.15) is 0 Å². The number of guanidine groups is 1. The third kappa shape index (κ3) is 2.14. The van der Waals surface area contributed by atoms with Crippen LogP contribution in [0.2, 0.25) is 0 Å². The summed E-state index contributed by atoms with van der Waals surface area (Å²) in [5.74, 6) is 1.24. The van der Waals surface area contributed by atoms with E-state index in [1.807, 2.05) is 13.0 Å². The lowest BCUT2D eigenvalue weighted by Gasteiger charge is -2.33. The molecule has 20 heavy (non-hydrogen) atoms. The summed E-state index contributed by atoms with van der Waals surface area (Å²) < 4.78 is 1.13. The highest BCUT2D eigenvalue weighted by atomic mass is 79.9. The van der Waals surface area contributed by atoms with Gasteiger partial charge < -0.3 is 5.73 Å². The molecule has 1 aliphatic heterocycles. The number of hydrogen-bond acceptors (Lipinski definition) is 3. The molecule has 3 rings (SSSR count). The Kier molecular flexibility index (Phi) is 3.12. The molecule has 1 heterocycles. The Labute approximate surface area is 127 Å². The van der Waals surface area contributed by atoms with E-state index in [9.17, 15) is 4.79 Å². The molecule has 106 valence electrons. The van der Waals surface area contributed by atoms with Gasteiger partial charge in [0.2, 0.25) is 5.91 Å². The zero-order valence-corrected chi connectivity index (χ0v) is 13.2. The second-order valence-electron chi connectivity index (χ2n) is 5.93. The molecule has 4 nitrogen and oxygen atoms in total. The average molecular weight is 336 g/mol. The largest absolute Gasteiger partial charge is 0.369 e. The second kappa shape index (κ2) is 4.58. The monoisotopic (exact) mass is 335 g/mol. The summed E-state index contributed by atoms with van der Waals surface area (Å²) in [5.41, 5.74) is 6.81. The molecule has 2 aliphatic rings. The van der Waals surface area contributed by atoms with Crippen LogP contribution in [0.15, 0.2) is 33.7 Å². The number of nitrogens with zero attached hydrogens (tertiary/aromatic N) is 2. The summed E-state index contributed by atoms with van der Waals surface area (Å²) in [7, 11) is 1.68. The van der Waals surface area contributed by atoms with Crippen molar-refractivity contribution in [3.8, 4) is 0 Å². The number of hydrogen-bond donors (Lipinski definition) is 1. The second-order valence-corrected chi connectivity index (χ2v) is 6.78. The summed E-state index contributed by atoms with van der Waals surface area (Å²) in [6.45, 7) is 2.05. The fourth-order valence-corrected chi connectivity index (χ4v) is 3.72. The lowest BCUT2D eigenvalue weighted by molar-refractivity contribution is -0.128. The molecule has 0 unspecified atom stereocenters. The normalized spacial score (nSPS) is 33.0. The van der Waals surface area contributed by atoms with Gasteiger partial charge in [-0.05, 0) is 36.8 Å². The zero-order chi connectivity index (χ0) is 14.5. The fourth-order valence-electron chi connectivity index (χ4n) is 3.14. The first kappa shape index (κ1) is 13.6. The van der Waals surface area contributed by atoms with Crippen LogP contribution in [-0.4, -0.2) is 29.4 Å². The quantitative estimate of drug-likeness (QED) is 0.902. The standard InChI is InChI=1S/C15H18BrN3O/c1-15(8-13(20)19(2)14(17)18-15)11-7-10(11)9-5-3-4-6-12(9)16/h3-6,10-11H,7-8H2,1-2H3,(H2,17,18)/t10-,11+,15-/m0/s1. The van der Waals surface area contributed by atoms with E-state index in [2.05, 4.69) is 39.1 Å².